The molecule has 21 heavy (non-hydrogen) atoms. The van der Waals surface area contributed by atoms with Gasteiger partial charge in [0.25, 0.3) is 0 Å². The Labute approximate surface area is 130 Å². The molecule has 0 bridgehead atoms. The number of pyridine rings is 1. The number of amidine groups is 1. The number of rotatable bonds is 2. The molecule has 0 saturated carbocycles. The number of nitrogens with zero attached hydrogens (tertiary/aromatic N) is 3. The summed E-state index contributed by atoms with van der Waals surface area (Å²) in [5.74, 6) is 1.45. The number of nitrogens with two attached hydrogens (primary N) is 1. The molecule has 0 spiro atoms. The highest BCUT2D eigenvalue weighted by Crippen LogP contribution is 2.34. The van der Waals surface area contributed by atoms with Gasteiger partial charge in [-0.2, -0.15) is 0 Å². The number of nitrogens with one attached hydrogen (secondary N) is 1. The predicted molar refractivity (Wildman–Crippen MR) is 86.2 cm³/mol. The molecule has 5 nitrogen and oxygen atoms in total. The third-order valence-corrected chi connectivity index (χ3v) is 5.18. The zero-order chi connectivity index (χ0) is 15.0. The Morgan fingerprint density at radius 3 is 3.00 bits per heavy atom. The van der Waals surface area contributed by atoms with Crippen LogP contribution in [0.25, 0.3) is 0 Å². The Hall–Kier alpha value is -1.33. The minimum atomic E-state index is -0.00376. The Balaban J connectivity index is 1.83. The molecule has 2 aliphatic rings. The molecule has 6 heteroatoms. The van der Waals surface area contributed by atoms with Crippen molar-refractivity contribution >= 4 is 23.3 Å². The molecule has 2 saturated heterocycles. The van der Waals surface area contributed by atoms with E-state index in [1.807, 2.05) is 0 Å². The van der Waals surface area contributed by atoms with Crippen LogP contribution in [0.3, 0.4) is 0 Å². The molecule has 0 aliphatic carbocycles. The number of aromatic nitrogens is 1. The first kappa shape index (κ1) is 14.6. The van der Waals surface area contributed by atoms with E-state index in [9.17, 15) is 0 Å². The average molecular weight is 308 g/mol. The van der Waals surface area contributed by atoms with Gasteiger partial charge in [-0.15, -0.1) is 0 Å². The molecule has 3 rings (SSSR count). The summed E-state index contributed by atoms with van der Waals surface area (Å²) in [6, 6.07) is 2.39. The van der Waals surface area contributed by atoms with Crippen LogP contribution in [0.1, 0.15) is 24.8 Å². The molecule has 2 unspecified atom stereocenters. The van der Waals surface area contributed by atoms with Gasteiger partial charge in [0.1, 0.15) is 11.7 Å². The average Bonchev–Trinajstić information content (AvgIpc) is 2.47. The second-order valence-electron chi connectivity index (χ2n) is 6.09. The molecule has 3 N–H and O–H groups in total. The quantitative estimate of drug-likeness (QED) is 0.647. The summed E-state index contributed by atoms with van der Waals surface area (Å²) in [4.78, 5) is 9.18. The molecule has 114 valence electrons. The van der Waals surface area contributed by atoms with E-state index < -0.39 is 0 Å². The van der Waals surface area contributed by atoms with Gasteiger partial charge < -0.3 is 15.5 Å². The topological polar surface area (TPSA) is 69.2 Å². The van der Waals surface area contributed by atoms with E-state index >= 15 is 0 Å². The van der Waals surface area contributed by atoms with Gasteiger partial charge >= 0.3 is 0 Å². The second-order valence-corrected chi connectivity index (χ2v) is 6.47. The standard InChI is InChI=1S/C15H22ClN5/c1-20-7-2-3-10-9-21(8-5-12(10)20)15-13(16)11(14(17)18)4-6-19-15/h4,6,10,12H,2-3,5,7-9H2,1H3,(H3,17,18). The summed E-state index contributed by atoms with van der Waals surface area (Å²) in [5.41, 5.74) is 6.16. The van der Waals surface area contributed by atoms with Crippen LogP contribution in [0.4, 0.5) is 5.82 Å². The molecule has 0 aromatic carbocycles. The lowest BCUT2D eigenvalue weighted by molar-refractivity contribution is 0.102. The molecule has 2 fully saturated rings. The number of nitrogen functional groups attached to an aromatic ring is 1. The number of piperidine rings is 2. The first-order chi connectivity index (χ1) is 10.1. The van der Waals surface area contributed by atoms with Crippen molar-refractivity contribution in [1.29, 1.82) is 5.41 Å². The first-order valence-electron chi connectivity index (χ1n) is 7.52. The smallest absolute Gasteiger partial charge is 0.148 e. The molecule has 1 aromatic heterocycles. The van der Waals surface area contributed by atoms with Gasteiger partial charge in [-0.25, -0.2) is 4.98 Å². The van der Waals surface area contributed by atoms with Crippen molar-refractivity contribution in [1.82, 2.24) is 9.88 Å². The fourth-order valence-corrected chi connectivity index (χ4v) is 4.04. The molecular weight excluding hydrogens is 286 g/mol. The van der Waals surface area contributed by atoms with Crippen LogP contribution in [0, 0.1) is 11.3 Å². The molecule has 2 atom stereocenters. The van der Waals surface area contributed by atoms with E-state index in [0.717, 1.165) is 25.3 Å². The van der Waals surface area contributed by atoms with Gasteiger partial charge in [-0.05, 0) is 44.8 Å². The van der Waals surface area contributed by atoms with Crippen LogP contribution < -0.4 is 10.6 Å². The maximum Gasteiger partial charge on any atom is 0.148 e. The van der Waals surface area contributed by atoms with E-state index in [4.69, 9.17) is 22.7 Å². The third kappa shape index (κ3) is 2.72. The monoisotopic (exact) mass is 307 g/mol. The van der Waals surface area contributed by atoms with E-state index in [1.165, 1.54) is 19.4 Å². The summed E-state index contributed by atoms with van der Waals surface area (Å²) in [5, 5.41) is 8.11. The highest BCUT2D eigenvalue weighted by Gasteiger charge is 2.35. The molecular formula is C15H22ClN5. The Bertz CT molecular complexity index is 547. The maximum absolute atomic E-state index is 7.60. The Kier molecular flexibility index (Phi) is 4.04. The summed E-state index contributed by atoms with van der Waals surface area (Å²) in [7, 11) is 2.23. The first-order valence-corrected chi connectivity index (χ1v) is 7.90. The molecule has 0 radical (unpaired) electrons. The lowest BCUT2D eigenvalue weighted by atomic mass is 9.84. The summed E-state index contributed by atoms with van der Waals surface area (Å²) in [6.07, 6.45) is 5.37. The lowest BCUT2D eigenvalue weighted by Gasteiger charge is -2.46. The zero-order valence-electron chi connectivity index (χ0n) is 12.3. The van der Waals surface area contributed by atoms with E-state index in [1.54, 1.807) is 12.3 Å². The highest BCUT2D eigenvalue weighted by atomic mass is 35.5. The van der Waals surface area contributed by atoms with Gasteiger partial charge in [0.05, 0.1) is 5.02 Å². The maximum atomic E-state index is 7.60. The number of hydrogen-bond donors (Lipinski definition) is 2. The van der Waals surface area contributed by atoms with E-state index in [0.29, 0.717) is 22.5 Å². The van der Waals surface area contributed by atoms with Crippen molar-refractivity contribution in [3.63, 3.8) is 0 Å². The number of halogens is 1. The van der Waals surface area contributed by atoms with E-state index in [-0.39, 0.29) is 5.84 Å². The number of anilines is 1. The van der Waals surface area contributed by atoms with Crippen LogP contribution in [-0.2, 0) is 0 Å². The summed E-state index contributed by atoms with van der Waals surface area (Å²) in [6.45, 7) is 3.16. The molecule has 2 aliphatic heterocycles. The lowest BCUT2D eigenvalue weighted by Crippen LogP contribution is -2.53. The van der Waals surface area contributed by atoms with Crippen LogP contribution in [0.5, 0.6) is 0 Å². The zero-order valence-corrected chi connectivity index (χ0v) is 13.1. The van der Waals surface area contributed by atoms with Crippen LogP contribution >= 0.6 is 11.6 Å². The van der Waals surface area contributed by atoms with Crippen molar-refractivity contribution < 1.29 is 0 Å². The van der Waals surface area contributed by atoms with Gasteiger partial charge in [0.2, 0.25) is 0 Å². The van der Waals surface area contributed by atoms with Gasteiger partial charge in [0.15, 0.2) is 0 Å². The molecule has 3 heterocycles. The number of hydrogen-bond acceptors (Lipinski definition) is 4. The largest absolute Gasteiger partial charge is 0.384 e. The Morgan fingerprint density at radius 2 is 2.24 bits per heavy atom. The van der Waals surface area contributed by atoms with Gasteiger partial charge in [-0.3, -0.25) is 5.41 Å². The highest BCUT2D eigenvalue weighted by molar-refractivity contribution is 6.36. The fraction of sp³-hybridized carbons (Fsp3) is 0.600. The van der Waals surface area contributed by atoms with Gasteiger partial charge in [0, 0.05) is 30.9 Å². The van der Waals surface area contributed by atoms with Crippen molar-refractivity contribution in [3.05, 3.63) is 22.8 Å². The minimum Gasteiger partial charge on any atom is -0.384 e. The summed E-state index contributed by atoms with van der Waals surface area (Å²) >= 11 is 6.41. The predicted octanol–water partition coefficient (Wildman–Crippen LogP) is 1.94. The normalized spacial score (nSPS) is 26.5. The fourth-order valence-electron chi connectivity index (χ4n) is 3.71. The molecule has 1 aromatic rings. The van der Waals surface area contributed by atoms with Crippen LogP contribution in [0.2, 0.25) is 5.02 Å². The number of likely N-dealkylation sites (tertiary alicyclic amines) is 1. The summed E-state index contributed by atoms with van der Waals surface area (Å²) < 4.78 is 0. The van der Waals surface area contributed by atoms with E-state index in [2.05, 4.69) is 21.8 Å². The number of fused-ring (bicyclic) bond motifs is 1. The van der Waals surface area contributed by atoms with Crippen molar-refractivity contribution in [2.45, 2.75) is 25.3 Å². The van der Waals surface area contributed by atoms with Crippen molar-refractivity contribution in [2.75, 3.05) is 31.6 Å². The van der Waals surface area contributed by atoms with Crippen molar-refractivity contribution in [3.8, 4) is 0 Å². The SMILES string of the molecule is CN1CCCC2CN(c3nccc(C(=N)N)c3Cl)CCC21. The third-order valence-electron chi connectivity index (χ3n) is 4.81. The van der Waals surface area contributed by atoms with Crippen LogP contribution in [-0.4, -0.2) is 48.4 Å². The van der Waals surface area contributed by atoms with Gasteiger partial charge in [-0.1, -0.05) is 11.6 Å². The minimum absolute atomic E-state index is 0.00376. The Morgan fingerprint density at radius 1 is 1.43 bits per heavy atom. The van der Waals surface area contributed by atoms with Crippen LogP contribution in [0.15, 0.2) is 12.3 Å². The second kappa shape index (κ2) is 5.81. The van der Waals surface area contributed by atoms with Crippen molar-refractivity contribution in [2.24, 2.45) is 11.7 Å². The molecule has 0 amide bonds.